The predicted octanol–water partition coefficient (Wildman–Crippen LogP) is 24.6. The minimum Gasteiger partial charge on any atom is -0.310 e. The van der Waals surface area contributed by atoms with Gasteiger partial charge in [-0.25, -0.2) is 0 Å². The Labute approximate surface area is 854 Å². The summed E-state index contributed by atoms with van der Waals surface area (Å²) in [7, 11) is 0. The molecule has 4 nitrogen and oxygen atoms in total. The second kappa shape index (κ2) is 27.6. The summed E-state index contributed by atoms with van der Waals surface area (Å²) in [5.41, 5.74) is 65.9. The summed E-state index contributed by atoms with van der Waals surface area (Å²) < 4.78 is 10.4. The first-order chi connectivity index (χ1) is 70.6. The van der Waals surface area contributed by atoms with Crippen molar-refractivity contribution in [3.05, 3.63) is 453 Å². The average molecular weight is 1870 g/mol. The third-order valence-electron chi connectivity index (χ3n) is 39.1. The summed E-state index contributed by atoms with van der Waals surface area (Å²) in [4.78, 5) is 0. The monoisotopic (exact) mass is 1860 g/mol. The molecule has 0 N–H and O–H groups in total. The Morgan fingerprint density at radius 3 is 0.767 bits per heavy atom. The molecule has 692 valence electrons. The third kappa shape index (κ3) is 9.92. The Morgan fingerprint density at radius 1 is 0.151 bits per heavy atom. The Hall–Kier alpha value is -15.4. The lowest BCUT2D eigenvalue weighted by Crippen LogP contribution is -2.68. The van der Waals surface area contributed by atoms with Crippen molar-refractivity contribution in [1.82, 2.24) is 18.3 Å². The molecular weight excluding hydrogens is 1760 g/mol. The van der Waals surface area contributed by atoms with Crippen LogP contribution in [0.1, 0.15) is 200 Å². The highest BCUT2D eigenvalue weighted by Crippen LogP contribution is 2.55. The van der Waals surface area contributed by atoms with E-state index in [0.717, 1.165) is 0 Å². The lowest BCUT2D eigenvalue weighted by atomic mass is 9.26. The molecule has 0 atom stereocenters. The molecule has 8 heteroatoms. The number of rotatable bonds is 3. The molecule has 0 saturated heterocycles. The molecule has 0 radical (unpaired) electrons. The highest BCUT2D eigenvalue weighted by Gasteiger charge is 2.58. The summed E-state index contributed by atoms with van der Waals surface area (Å²) in [5, 5.41) is 10.9. The van der Waals surface area contributed by atoms with Gasteiger partial charge in [0.15, 0.2) is 0 Å². The van der Waals surface area contributed by atoms with E-state index in [1.165, 1.54) is 271 Å². The summed E-state index contributed by atoms with van der Waals surface area (Å²) in [6, 6.07) is 138. The predicted molar refractivity (Wildman–Crippen MR) is 621 cm³/mol. The lowest BCUT2D eigenvalue weighted by Gasteiger charge is -2.48. The van der Waals surface area contributed by atoms with Crippen LogP contribution in [0.25, 0.3) is 143 Å². The summed E-state index contributed by atoms with van der Waals surface area (Å²) in [6.45, 7) is 40.0. The number of hydrogen-bond acceptors (Lipinski definition) is 0. The van der Waals surface area contributed by atoms with Crippen LogP contribution in [-0.2, 0) is 43.3 Å². The minimum absolute atomic E-state index is 0.0187. The van der Waals surface area contributed by atoms with Crippen LogP contribution in [0.2, 0.25) is 0 Å². The molecule has 35 rings (SSSR count). The summed E-state index contributed by atoms with van der Waals surface area (Å²) in [6.07, 6.45) is 0. The fraction of sp³-hybridized carbons (Fsp3) is 0.174. The first-order valence-electron chi connectivity index (χ1n) is 53.3. The Bertz CT molecular complexity index is 9850. The zero-order valence-electron chi connectivity index (χ0n) is 85.7. The van der Waals surface area contributed by atoms with Crippen LogP contribution >= 0.6 is 0 Å². The van der Waals surface area contributed by atoms with Gasteiger partial charge in [0.1, 0.15) is 0 Å². The smallest absolute Gasteiger partial charge is 0.248 e. The van der Waals surface area contributed by atoms with Crippen molar-refractivity contribution in [2.45, 2.75) is 154 Å². The van der Waals surface area contributed by atoms with Crippen LogP contribution < -0.4 is 65.6 Å². The molecular formula is C138H108B4N4. The maximum Gasteiger partial charge on any atom is 0.248 e. The van der Waals surface area contributed by atoms with Crippen molar-refractivity contribution in [1.29, 1.82) is 0 Å². The molecule has 0 amide bonds. The minimum atomic E-state index is -0.0607. The van der Waals surface area contributed by atoms with E-state index in [2.05, 4.69) is 493 Å². The van der Waals surface area contributed by atoms with Crippen LogP contribution in [0, 0.1) is 0 Å². The van der Waals surface area contributed by atoms with E-state index in [9.17, 15) is 0 Å². The maximum absolute atomic E-state index is 2.61. The van der Waals surface area contributed by atoms with Gasteiger partial charge in [0.05, 0.1) is 22.1 Å². The SMILES string of the molecule is CC1(C)c2cccc3c2B2c4c1cccc4C(C)(C)c1ccc4c5c(-c6ccccc6)cccc5n-3c4c12.CC1(C)c2cccc3c2B2c4c1cccc4C(C)(C)c1ccc4c5cc(-c6ccccc6)ccc5n-3c4c12.CC1(C)c2cccc3c2B2c4c1cccc4C(C)(C)c1ccc4c5ccc(-c6ccccc6)cc5n-3c4c12.CC1(C)c2cccc3c2B2c4c1cccc4C(C)(C)c1ccc4c5ccccc5n-3c4c12. The molecule has 19 aromatic carbocycles. The maximum atomic E-state index is 2.61. The van der Waals surface area contributed by atoms with Gasteiger partial charge in [0.2, 0.25) is 26.9 Å². The molecule has 23 aromatic rings. The normalized spacial score (nSPS) is 17.0. The van der Waals surface area contributed by atoms with E-state index in [1.54, 1.807) is 27.3 Å². The van der Waals surface area contributed by atoms with Crippen LogP contribution in [0.4, 0.5) is 0 Å². The van der Waals surface area contributed by atoms with Crippen molar-refractivity contribution in [3.63, 3.8) is 0 Å². The van der Waals surface area contributed by atoms with Crippen LogP contribution in [0.3, 0.4) is 0 Å². The molecule has 16 heterocycles. The highest BCUT2D eigenvalue weighted by atomic mass is 15.0. The molecule has 4 aromatic heterocycles. The van der Waals surface area contributed by atoms with E-state index in [1.807, 2.05) is 0 Å². The van der Waals surface area contributed by atoms with Crippen LogP contribution in [0.15, 0.2) is 364 Å². The quantitative estimate of drug-likeness (QED) is 0.157. The zero-order chi connectivity index (χ0) is 98.2. The van der Waals surface area contributed by atoms with E-state index < -0.39 is 0 Å². The van der Waals surface area contributed by atoms with Gasteiger partial charge in [-0.1, -0.05) is 442 Å². The fourth-order valence-electron chi connectivity index (χ4n) is 32.5. The number of aromatic nitrogens is 4. The molecule has 0 aliphatic carbocycles. The van der Waals surface area contributed by atoms with Crippen molar-refractivity contribution in [2.24, 2.45) is 0 Å². The van der Waals surface area contributed by atoms with Crippen LogP contribution in [-0.4, -0.2) is 45.1 Å². The first kappa shape index (κ1) is 84.0. The van der Waals surface area contributed by atoms with E-state index in [0.29, 0.717) is 6.71 Å². The number of nitrogens with zero attached hydrogens (tertiary/aromatic N) is 4. The van der Waals surface area contributed by atoms with Gasteiger partial charge < -0.3 is 18.3 Å². The van der Waals surface area contributed by atoms with Crippen molar-refractivity contribution < 1.29 is 0 Å². The number of benzene rings is 19. The molecule has 0 saturated carbocycles. The lowest BCUT2D eigenvalue weighted by molar-refractivity contribution is 0.621. The van der Waals surface area contributed by atoms with Gasteiger partial charge in [0, 0.05) is 131 Å². The first-order valence-corrected chi connectivity index (χ1v) is 53.3. The Balaban J connectivity index is 0.0000000869. The molecule has 0 spiro atoms. The molecule has 0 fully saturated rings. The molecule has 146 heavy (non-hydrogen) atoms. The van der Waals surface area contributed by atoms with Crippen LogP contribution in [0.5, 0.6) is 0 Å². The van der Waals surface area contributed by atoms with E-state index in [-0.39, 0.29) is 63.5 Å². The van der Waals surface area contributed by atoms with Crippen molar-refractivity contribution in [2.75, 3.05) is 0 Å². The van der Waals surface area contributed by atoms with E-state index in [4.69, 9.17) is 0 Å². The summed E-state index contributed by atoms with van der Waals surface area (Å²) >= 11 is 0. The third-order valence-corrected chi connectivity index (χ3v) is 39.1. The van der Waals surface area contributed by atoms with Gasteiger partial charge in [-0.05, 0) is 221 Å². The number of fused-ring (bicyclic) bond motifs is 16. The average Bonchev–Trinajstić information content (AvgIpc) is 1.35. The Morgan fingerprint density at radius 2 is 0.397 bits per heavy atom. The number of hydrogen-bond donors (Lipinski definition) is 0. The molecule has 0 unspecified atom stereocenters. The molecule has 12 aliphatic rings. The van der Waals surface area contributed by atoms with Gasteiger partial charge in [-0.15, -0.1) is 0 Å². The van der Waals surface area contributed by atoms with Gasteiger partial charge >= 0.3 is 0 Å². The number of para-hydroxylation sites is 1. The second-order valence-corrected chi connectivity index (χ2v) is 48.6. The van der Waals surface area contributed by atoms with Crippen molar-refractivity contribution >= 4 is 180 Å². The van der Waals surface area contributed by atoms with Gasteiger partial charge in [-0.3, -0.25) is 0 Å². The molecule has 0 bridgehead atoms. The van der Waals surface area contributed by atoms with E-state index >= 15 is 0 Å². The topological polar surface area (TPSA) is 19.7 Å². The van der Waals surface area contributed by atoms with Crippen molar-refractivity contribution in [3.8, 4) is 56.1 Å². The molecule has 12 aliphatic heterocycles. The Kier molecular flexibility index (Phi) is 15.9. The van der Waals surface area contributed by atoms with Gasteiger partial charge in [0.25, 0.3) is 0 Å². The standard InChI is InChI=1S/3C36H28BN.C30H24BN/c1-35(2)24-14-9-15-25-31(24)37-32-26(35)16-10-18-29(32)38-28-17-8-13-22(21-11-6-5-7-12-21)30(28)23-19-20-27(36(25,3)4)33(37)34(23)38;1-35(2)25-12-8-13-26-31(25)37-32-27(35)14-9-15-30(32)38-29-19-16-22(21-10-6-5-7-11-21)20-24(29)23-17-18-28(36(26,3)4)33(37)34(23)38;1-35(2)25-12-8-13-26-31(25)37-32-27(35)14-9-15-29(32)38-30-20-22(21-10-6-5-7-11-21)16-17-23(30)24-18-19-28(36(26,3)4)33(37)34(24)38;1-29(2)19-10-7-11-20-25(19)31-26-21(29)12-8-14-24(26)32-23-13-6-5-9-17(23)18-15-16-22(30(20,3)4)27(31)28(18)32/h3*5-20H,1-4H3;5-16H,1-4H3. The highest BCUT2D eigenvalue weighted by molar-refractivity contribution is 7.02. The largest absolute Gasteiger partial charge is 0.310 e. The fourth-order valence-corrected chi connectivity index (χ4v) is 32.5. The zero-order valence-corrected chi connectivity index (χ0v) is 85.7. The summed E-state index contributed by atoms with van der Waals surface area (Å²) in [5.74, 6) is 0. The second-order valence-electron chi connectivity index (χ2n) is 48.6. The van der Waals surface area contributed by atoms with Gasteiger partial charge in [-0.2, -0.15) is 0 Å².